The molecule has 4 rings (SSSR count). The van der Waals surface area contributed by atoms with E-state index in [4.69, 9.17) is 10.5 Å². The molecule has 1 aliphatic heterocycles. The Labute approximate surface area is 184 Å². The zero-order valence-electron chi connectivity index (χ0n) is 17.0. The van der Waals surface area contributed by atoms with E-state index in [9.17, 15) is 9.59 Å². The van der Waals surface area contributed by atoms with E-state index in [0.29, 0.717) is 16.4 Å². The number of carbonyl (C=O) groups excluding carboxylic acids is 2. The maximum absolute atomic E-state index is 12.2. The molecular weight excluding hydrogens is 412 g/mol. The van der Waals surface area contributed by atoms with Crippen molar-refractivity contribution >= 4 is 34.0 Å². The van der Waals surface area contributed by atoms with E-state index < -0.39 is 0 Å². The Morgan fingerprint density at radius 1 is 1.16 bits per heavy atom. The first-order chi connectivity index (χ1) is 15.1. The largest absolute Gasteiger partial charge is 0.399 e. The Morgan fingerprint density at radius 2 is 2.00 bits per heavy atom. The third-order valence-electron chi connectivity index (χ3n) is 5.07. The summed E-state index contributed by atoms with van der Waals surface area (Å²) in [5.41, 5.74) is 9.57. The molecule has 2 heterocycles. The van der Waals surface area contributed by atoms with Crippen molar-refractivity contribution in [3.8, 4) is 11.3 Å². The number of nitrogens with zero attached hydrogens (tertiary/aromatic N) is 1. The lowest BCUT2D eigenvalue weighted by Crippen LogP contribution is -2.32. The Kier molecular flexibility index (Phi) is 6.59. The van der Waals surface area contributed by atoms with Gasteiger partial charge in [0.05, 0.1) is 18.3 Å². The van der Waals surface area contributed by atoms with Gasteiger partial charge >= 0.3 is 0 Å². The van der Waals surface area contributed by atoms with Gasteiger partial charge in [-0.15, -0.1) is 11.3 Å². The molecule has 1 unspecified atom stereocenters. The minimum absolute atomic E-state index is 0.135. The van der Waals surface area contributed by atoms with E-state index in [0.717, 1.165) is 36.3 Å². The third-order valence-corrected chi connectivity index (χ3v) is 5.82. The van der Waals surface area contributed by atoms with E-state index in [-0.39, 0.29) is 24.5 Å². The number of anilines is 2. The van der Waals surface area contributed by atoms with Crippen LogP contribution < -0.4 is 16.4 Å². The Morgan fingerprint density at radius 3 is 2.77 bits per heavy atom. The maximum Gasteiger partial charge on any atom is 0.251 e. The molecule has 2 amide bonds. The van der Waals surface area contributed by atoms with E-state index in [1.54, 1.807) is 24.3 Å². The van der Waals surface area contributed by atoms with E-state index in [1.807, 2.05) is 17.5 Å². The zero-order valence-corrected chi connectivity index (χ0v) is 17.8. The number of amides is 2. The molecule has 0 spiro atoms. The molecule has 4 N–H and O–H groups in total. The van der Waals surface area contributed by atoms with Crippen molar-refractivity contribution < 1.29 is 14.3 Å². The normalized spacial score (nSPS) is 15.9. The summed E-state index contributed by atoms with van der Waals surface area (Å²) < 4.78 is 5.88. The van der Waals surface area contributed by atoms with Crippen molar-refractivity contribution in [1.82, 2.24) is 10.3 Å². The molecule has 0 bridgehead atoms. The molecule has 31 heavy (non-hydrogen) atoms. The van der Waals surface area contributed by atoms with Gasteiger partial charge in [-0.25, -0.2) is 4.98 Å². The number of nitrogens with two attached hydrogens (primary N) is 1. The molecule has 0 saturated carbocycles. The van der Waals surface area contributed by atoms with Gasteiger partial charge in [-0.1, -0.05) is 18.2 Å². The Bertz CT molecular complexity index is 1060. The minimum atomic E-state index is -0.339. The van der Waals surface area contributed by atoms with Crippen LogP contribution in [0, 0.1) is 0 Å². The van der Waals surface area contributed by atoms with Gasteiger partial charge in [0.15, 0.2) is 5.13 Å². The zero-order chi connectivity index (χ0) is 21.6. The van der Waals surface area contributed by atoms with Gasteiger partial charge in [-0.3, -0.25) is 9.59 Å². The summed E-state index contributed by atoms with van der Waals surface area (Å²) in [6.45, 7) is 0.656. The summed E-state index contributed by atoms with van der Waals surface area (Å²) in [7, 11) is 0. The van der Waals surface area contributed by atoms with E-state index in [2.05, 4.69) is 27.8 Å². The van der Waals surface area contributed by atoms with Crippen LogP contribution in [-0.2, 0) is 9.53 Å². The molecule has 1 aromatic heterocycles. The number of aromatic nitrogens is 1. The van der Waals surface area contributed by atoms with Crippen LogP contribution in [0.5, 0.6) is 0 Å². The first kappa shape index (κ1) is 21.0. The monoisotopic (exact) mass is 436 g/mol. The highest BCUT2D eigenvalue weighted by Gasteiger charge is 2.17. The number of hydrogen-bond acceptors (Lipinski definition) is 6. The topological polar surface area (TPSA) is 106 Å². The molecule has 7 nitrogen and oxygen atoms in total. The molecule has 3 aromatic rings. The Hall–Kier alpha value is -3.23. The van der Waals surface area contributed by atoms with Crippen LogP contribution in [-0.4, -0.2) is 29.9 Å². The summed E-state index contributed by atoms with van der Waals surface area (Å²) in [5.74, 6) is -0.675. The van der Waals surface area contributed by atoms with Crippen LogP contribution in [0.4, 0.5) is 10.8 Å². The number of carbonyl (C=O) groups is 2. The number of benzene rings is 2. The van der Waals surface area contributed by atoms with Gasteiger partial charge in [0.2, 0.25) is 5.91 Å². The highest BCUT2D eigenvalue weighted by molar-refractivity contribution is 7.14. The van der Waals surface area contributed by atoms with Crippen LogP contribution in [0.1, 0.15) is 41.3 Å². The van der Waals surface area contributed by atoms with Crippen molar-refractivity contribution in [3.05, 3.63) is 65.0 Å². The van der Waals surface area contributed by atoms with Crippen molar-refractivity contribution in [2.45, 2.75) is 25.4 Å². The standard InChI is InChI=1S/C23H24N4O3S/c24-18-9-7-15(8-10-18)22(29)25-13-21(28)27-23-26-19(14-31-23)16-4-3-5-17(12-16)20-6-1-2-11-30-20/h3-5,7-10,12,14,20H,1-2,6,11,13,24H2,(H,25,29)(H,26,27,28). The first-order valence-electron chi connectivity index (χ1n) is 10.2. The van der Waals surface area contributed by atoms with Crippen LogP contribution >= 0.6 is 11.3 Å². The highest BCUT2D eigenvalue weighted by atomic mass is 32.1. The molecule has 0 radical (unpaired) electrons. The molecule has 1 aliphatic rings. The second-order valence-corrected chi connectivity index (χ2v) is 8.23. The molecule has 1 saturated heterocycles. The SMILES string of the molecule is Nc1ccc(C(=O)NCC(=O)Nc2nc(-c3cccc(C4CCCCO4)c3)cs2)cc1. The number of rotatable bonds is 6. The molecule has 8 heteroatoms. The molecule has 1 atom stereocenters. The highest BCUT2D eigenvalue weighted by Crippen LogP contribution is 2.31. The molecule has 0 aliphatic carbocycles. The lowest BCUT2D eigenvalue weighted by molar-refractivity contribution is -0.115. The number of nitrogens with one attached hydrogen (secondary N) is 2. The molecule has 1 fully saturated rings. The lowest BCUT2D eigenvalue weighted by atomic mass is 9.99. The summed E-state index contributed by atoms with van der Waals surface area (Å²) >= 11 is 1.35. The smallest absolute Gasteiger partial charge is 0.251 e. The van der Waals surface area contributed by atoms with Gasteiger partial charge in [0, 0.05) is 28.8 Å². The summed E-state index contributed by atoms with van der Waals surface area (Å²) in [4.78, 5) is 28.8. The summed E-state index contributed by atoms with van der Waals surface area (Å²) in [6.07, 6.45) is 3.46. The van der Waals surface area contributed by atoms with Gasteiger partial charge in [0.25, 0.3) is 5.91 Å². The number of ether oxygens (including phenoxy) is 1. The second kappa shape index (κ2) is 9.72. The van der Waals surface area contributed by atoms with Crippen molar-refractivity contribution in [3.63, 3.8) is 0 Å². The fraction of sp³-hybridized carbons (Fsp3) is 0.261. The number of nitrogen functional groups attached to an aromatic ring is 1. The number of hydrogen-bond donors (Lipinski definition) is 3. The van der Waals surface area contributed by atoms with E-state index >= 15 is 0 Å². The minimum Gasteiger partial charge on any atom is -0.399 e. The molecule has 160 valence electrons. The van der Waals surface area contributed by atoms with Gasteiger partial charge in [-0.2, -0.15) is 0 Å². The predicted octanol–water partition coefficient (Wildman–Crippen LogP) is 4.00. The second-order valence-electron chi connectivity index (χ2n) is 7.37. The fourth-order valence-electron chi connectivity index (χ4n) is 3.43. The maximum atomic E-state index is 12.2. The quantitative estimate of drug-likeness (QED) is 0.507. The number of thiazole rings is 1. The third kappa shape index (κ3) is 5.48. The van der Waals surface area contributed by atoms with Crippen LogP contribution in [0.3, 0.4) is 0 Å². The summed E-state index contributed by atoms with van der Waals surface area (Å²) in [6, 6.07) is 14.7. The van der Waals surface area contributed by atoms with Crippen LogP contribution in [0.15, 0.2) is 53.9 Å². The average Bonchev–Trinajstić information content (AvgIpc) is 3.27. The lowest BCUT2D eigenvalue weighted by Gasteiger charge is -2.23. The molecular formula is C23H24N4O3S. The van der Waals surface area contributed by atoms with Gasteiger partial charge in [-0.05, 0) is 55.2 Å². The predicted molar refractivity (Wildman–Crippen MR) is 122 cm³/mol. The average molecular weight is 437 g/mol. The Balaban J connectivity index is 1.34. The molecule has 2 aromatic carbocycles. The fourth-order valence-corrected chi connectivity index (χ4v) is 4.16. The van der Waals surface area contributed by atoms with Crippen LogP contribution in [0.2, 0.25) is 0 Å². The van der Waals surface area contributed by atoms with Crippen molar-refractivity contribution in [1.29, 1.82) is 0 Å². The van der Waals surface area contributed by atoms with Crippen molar-refractivity contribution in [2.24, 2.45) is 0 Å². The van der Waals surface area contributed by atoms with Gasteiger partial charge < -0.3 is 21.1 Å². The van der Waals surface area contributed by atoms with E-state index in [1.165, 1.54) is 17.8 Å². The van der Waals surface area contributed by atoms with Gasteiger partial charge in [0.1, 0.15) is 0 Å². The van der Waals surface area contributed by atoms with Crippen LogP contribution in [0.25, 0.3) is 11.3 Å². The van der Waals surface area contributed by atoms with Crippen molar-refractivity contribution in [2.75, 3.05) is 24.2 Å². The summed E-state index contributed by atoms with van der Waals surface area (Å²) in [5, 5.41) is 7.72. The first-order valence-corrected chi connectivity index (χ1v) is 11.1.